The number of aromatic nitrogens is 1. The Balaban J connectivity index is 0.00000192. The molecule has 3 rings (SSSR count). The Morgan fingerprint density at radius 1 is 1.26 bits per heavy atom. The van der Waals surface area contributed by atoms with Crippen molar-refractivity contribution >= 4 is 29.2 Å². The van der Waals surface area contributed by atoms with E-state index in [0.29, 0.717) is 11.8 Å². The minimum Gasteiger partial charge on any atom is -0.355 e. The van der Waals surface area contributed by atoms with Crippen LogP contribution in [0.1, 0.15) is 47.7 Å². The number of pyridine rings is 1. The number of benzene rings is 1. The first kappa shape index (κ1) is 17.7. The van der Waals surface area contributed by atoms with Crippen molar-refractivity contribution in [2.75, 3.05) is 13.6 Å². The van der Waals surface area contributed by atoms with Crippen molar-refractivity contribution in [1.82, 2.24) is 10.3 Å². The maximum atomic E-state index is 12.2. The molecular weight excluding hydrogens is 310 g/mol. The predicted octanol–water partition coefficient (Wildman–Crippen LogP) is 3.25. The molecular formula is C18H24ClN3O. The average molecular weight is 334 g/mol. The highest BCUT2D eigenvalue weighted by molar-refractivity contribution is 6.06. The molecule has 2 aromatic rings. The molecule has 0 spiro atoms. The van der Waals surface area contributed by atoms with Crippen LogP contribution in [0.2, 0.25) is 0 Å². The van der Waals surface area contributed by atoms with E-state index in [9.17, 15) is 4.79 Å². The highest BCUT2D eigenvalue weighted by Gasteiger charge is 2.24. The van der Waals surface area contributed by atoms with Gasteiger partial charge in [0.2, 0.25) is 0 Å². The molecule has 0 saturated heterocycles. The predicted molar refractivity (Wildman–Crippen MR) is 96.1 cm³/mol. The second kappa shape index (κ2) is 7.75. The molecule has 3 N–H and O–H groups in total. The maximum Gasteiger partial charge on any atom is 0.251 e. The quantitative estimate of drug-likeness (QED) is 0.906. The van der Waals surface area contributed by atoms with E-state index in [1.54, 1.807) is 7.05 Å². The Labute approximate surface area is 143 Å². The van der Waals surface area contributed by atoms with E-state index in [4.69, 9.17) is 10.7 Å². The van der Waals surface area contributed by atoms with E-state index in [-0.39, 0.29) is 18.3 Å². The summed E-state index contributed by atoms with van der Waals surface area (Å²) in [5.41, 5.74) is 8.45. The average Bonchev–Trinajstić information content (AvgIpc) is 2.60. The Kier molecular flexibility index (Phi) is 5.97. The Bertz CT molecular complexity index is 681. The van der Waals surface area contributed by atoms with Gasteiger partial charge < -0.3 is 11.1 Å². The molecule has 0 aliphatic heterocycles. The molecule has 124 valence electrons. The van der Waals surface area contributed by atoms with Crippen molar-refractivity contribution in [3.05, 3.63) is 41.6 Å². The summed E-state index contributed by atoms with van der Waals surface area (Å²) in [4.78, 5) is 17.0. The lowest BCUT2D eigenvalue weighted by Gasteiger charge is -2.27. The molecule has 1 saturated carbocycles. The molecule has 0 unspecified atom stereocenters. The van der Waals surface area contributed by atoms with Crippen LogP contribution in [0.15, 0.2) is 30.3 Å². The van der Waals surface area contributed by atoms with E-state index in [2.05, 4.69) is 5.32 Å². The van der Waals surface area contributed by atoms with Gasteiger partial charge in [0.15, 0.2) is 0 Å². The number of halogens is 1. The summed E-state index contributed by atoms with van der Waals surface area (Å²) in [6, 6.07) is 9.84. The van der Waals surface area contributed by atoms with Gasteiger partial charge >= 0.3 is 0 Å². The molecule has 1 aromatic carbocycles. The van der Waals surface area contributed by atoms with Gasteiger partial charge in [-0.3, -0.25) is 9.78 Å². The van der Waals surface area contributed by atoms with Crippen LogP contribution in [0, 0.1) is 5.92 Å². The van der Waals surface area contributed by atoms with E-state index in [0.717, 1.165) is 54.4 Å². The van der Waals surface area contributed by atoms with Crippen LogP contribution in [0.5, 0.6) is 0 Å². The lowest BCUT2D eigenvalue weighted by atomic mass is 9.80. The van der Waals surface area contributed by atoms with Gasteiger partial charge in [-0.05, 0) is 50.3 Å². The summed E-state index contributed by atoms with van der Waals surface area (Å²) in [7, 11) is 1.67. The first-order valence-corrected chi connectivity index (χ1v) is 8.04. The van der Waals surface area contributed by atoms with Gasteiger partial charge in [0.1, 0.15) is 0 Å². The normalized spacial score (nSPS) is 20.8. The number of amides is 1. The Morgan fingerprint density at radius 2 is 1.96 bits per heavy atom. The smallest absolute Gasteiger partial charge is 0.251 e. The van der Waals surface area contributed by atoms with Crippen LogP contribution in [-0.4, -0.2) is 24.5 Å². The molecule has 23 heavy (non-hydrogen) atoms. The zero-order valence-electron chi connectivity index (χ0n) is 13.4. The number of rotatable bonds is 3. The van der Waals surface area contributed by atoms with Crippen LogP contribution < -0.4 is 11.1 Å². The van der Waals surface area contributed by atoms with Crippen LogP contribution in [-0.2, 0) is 0 Å². The SMILES string of the molecule is CNC(=O)c1cc(C2CCC(CN)CC2)nc2ccccc12.Cl. The molecule has 1 fully saturated rings. The summed E-state index contributed by atoms with van der Waals surface area (Å²) in [6.07, 6.45) is 4.54. The second-order valence-electron chi connectivity index (χ2n) is 6.14. The van der Waals surface area contributed by atoms with Gasteiger partial charge in [-0.15, -0.1) is 12.4 Å². The molecule has 0 bridgehead atoms. The second-order valence-corrected chi connectivity index (χ2v) is 6.14. The third-order valence-corrected chi connectivity index (χ3v) is 4.81. The Morgan fingerprint density at radius 3 is 2.61 bits per heavy atom. The molecule has 1 amide bonds. The number of hydrogen-bond acceptors (Lipinski definition) is 3. The number of nitrogens with two attached hydrogens (primary N) is 1. The van der Waals surface area contributed by atoms with Crippen LogP contribution in [0.4, 0.5) is 0 Å². The summed E-state index contributed by atoms with van der Waals surface area (Å²) in [5.74, 6) is 1.04. The molecule has 0 atom stereocenters. The van der Waals surface area contributed by atoms with E-state index in [1.165, 1.54) is 0 Å². The Hall–Kier alpha value is -1.65. The van der Waals surface area contributed by atoms with Crippen LogP contribution in [0.3, 0.4) is 0 Å². The van der Waals surface area contributed by atoms with E-state index in [1.807, 2.05) is 30.3 Å². The molecule has 1 aliphatic carbocycles. The van der Waals surface area contributed by atoms with Crippen LogP contribution >= 0.6 is 12.4 Å². The maximum absolute atomic E-state index is 12.2. The third kappa shape index (κ3) is 3.65. The van der Waals surface area contributed by atoms with Gasteiger partial charge in [-0.1, -0.05) is 18.2 Å². The topological polar surface area (TPSA) is 68.0 Å². The molecule has 5 heteroatoms. The zero-order chi connectivity index (χ0) is 15.5. The fourth-order valence-electron chi connectivity index (χ4n) is 3.42. The number of nitrogens with zero attached hydrogens (tertiary/aromatic N) is 1. The number of hydrogen-bond donors (Lipinski definition) is 2. The zero-order valence-corrected chi connectivity index (χ0v) is 14.2. The number of fused-ring (bicyclic) bond motifs is 1. The first-order valence-electron chi connectivity index (χ1n) is 8.04. The van der Waals surface area contributed by atoms with E-state index >= 15 is 0 Å². The lowest BCUT2D eigenvalue weighted by Crippen LogP contribution is -2.22. The van der Waals surface area contributed by atoms with Crippen molar-refractivity contribution in [3.63, 3.8) is 0 Å². The molecule has 1 aromatic heterocycles. The highest BCUT2D eigenvalue weighted by atomic mass is 35.5. The van der Waals surface area contributed by atoms with Crippen molar-refractivity contribution in [3.8, 4) is 0 Å². The molecule has 0 radical (unpaired) electrons. The summed E-state index contributed by atoms with van der Waals surface area (Å²) in [6.45, 7) is 0.779. The minimum atomic E-state index is -0.0458. The lowest BCUT2D eigenvalue weighted by molar-refractivity contribution is 0.0964. The third-order valence-electron chi connectivity index (χ3n) is 4.81. The molecule has 1 heterocycles. The van der Waals surface area contributed by atoms with Gasteiger partial charge in [-0.2, -0.15) is 0 Å². The van der Waals surface area contributed by atoms with E-state index < -0.39 is 0 Å². The van der Waals surface area contributed by atoms with Crippen molar-refractivity contribution < 1.29 is 4.79 Å². The highest BCUT2D eigenvalue weighted by Crippen LogP contribution is 2.35. The fraction of sp³-hybridized carbons (Fsp3) is 0.444. The summed E-state index contributed by atoms with van der Waals surface area (Å²) >= 11 is 0. The van der Waals surface area contributed by atoms with Crippen molar-refractivity contribution in [2.45, 2.75) is 31.6 Å². The van der Waals surface area contributed by atoms with Gasteiger partial charge in [0.25, 0.3) is 5.91 Å². The van der Waals surface area contributed by atoms with Gasteiger partial charge in [0, 0.05) is 24.0 Å². The van der Waals surface area contributed by atoms with Crippen molar-refractivity contribution in [1.29, 1.82) is 0 Å². The number of carbonyl (C=O) groups excluding carboxylic acids is 1. The molecule has 4 nitrogen and oxygen atoms in total. The number of para-hydroxylation sites is 1. The number of carbonyl (C=O) groups is 1. The first-order chi connectivity index (χ1) is 10.7. The van der Waals surface area contributed by atoms with Gasteiger partial charge in [0.05, 0.1) is 11.1 Å². The number of nitrogens with one attached hydrogen (secondary N) is 1. The fourth-order valence-corrected chi connectivity index (χ4v) is 3.42. The van der Waals surface area contributed by atoms with Crippen LogP contribution in [0.25, 0.3) is 10.9 Å². The van der Waals surface area contributed by atoms with Crippen molar-refractivity contribution in [2.24, 2.45) is 11.7 Å². The summed E-state index contributed by atoms with van der Waals surface area (Å²) < 4.78 is 0. The monoisotopic (exact) mass is 333 g/mol. The standard InChI is InChI=1S/C18H23N3O.ClH/c1-20-18(22)15-10-17(13-8-6-12(11-19)7-9-13)21-16-5-3-2-4-14(15)16;/h2-5,10,12-13H,6-9,11,19H2,1H3,(H,20,22);1H. The van der Waals surface area contributed by atoms with Gasteiger partial charge in [-0.25, -0.2) is 0 Å². The summed E-state index contributed by atoms with van der Waals surface area (Å²) in [5, 5.41) is 3.65. The minimum absolute atomic E-state index is 0. The molecule has 1 aliphatic rings. The largest absolute Gasteiger partial charge is 0.355 e.